The van der Waals surface area contributed by atoms with E-state index in [2.05, 4.69) is 5.32 Å². The van der Waals surface area contributed by atoms with Crippen LogP contribution in [0, 0.1) is 5.92 Å². The van der Waals surface area contributed by atoms with Crippen LogP contribution in [0.2, 0.25) is 5.02 Å². The largest absolute Gasteiger partial charge is 0.490 e. The molecule has 0 radical (unpaired) electrons. The summed E-state index contributed by atoms with van der Waals surface area (Å²) in [6.45, 7) is 4.67. The zero-order valence-electron chi connectivity index (χ0n) is 14.5. The molecule has 0 spiro atoms. The maximum absolute atomic E-state index is 12.5. The fraction of sp³-hybridized carbons (Fsp3) is 0.556. The van der Waals surface area contributed by atoms with Crippen LogP contribution in [0.4, 0.5) is 0 Å². The minimum absolute atomic E-state index is 0.249. The molecule has 1 aromatic rings. The van der Waals surface area contributed by atoms with E-state index in [0.717, 1.165) is 19.3 Å². The highest BCUT2D eigenvalue weighted by molar-refractivity contribution is 6.32. The number of benzene rings is 1. The quantitative estimate of drug-likeness (QED) is 0.659. The zero-order chi connectivity index (χ0) is 18.4. The van der Waals surface area contributed by atoms with Crippen molar-refractivity contribution < 1.29 is 24.2 Å². The number of hydrogen-bond acceptors (Lipinski definition) is 4. The van der Waals surface area contributed by atoms with Gasteiger partial charge in [0, 0.05) is 5.56 Å². The van der Waals surface area contributed by atoms with E-state index in [-0.39, 0.29) is 10.6 Å². The molecule has 0 heterocycles. The van der Waals surface area contributed by atoms with Crippen LogP contribution in [0.5, 0.6) is 11.5 Å². The molecule has 1 atom stereocenters. The number of carboxylic acids is 1. The summed E-state index contributed by atoms with van der Waals surface area (Å²) in [7, 11) is 0. The van der Waals surface area contributed by atoms with E-state index in [1.54, 1.807) is 0 Å². The van der Waals surface area contributed by atoms with E-state index in [4.69, 9.17) is 21.1 Å². The molecule has 0 bridgehead atoms. The van der Waals surface area contributed by atoms with Gasteiger partial charge in [0.2, 0.25) is 0 Å². The van der Waals surface area contributed by atoms with Crippen molar-refractivity contribution in [1.82, 2.24) is 5.32 Å². The first-order chi connectivity index (χ1) is 12.0. The Kier molecular flexibility index (Phi) is 6.93. The van der Waals surface area contributed by atoms with Crippen LogP contribution < -0.4 is 14.8 Å². The number of aliphatic carboxylic acids is 1. The Labute approximate surface area is 152 Å². The highest BCUT2D eigenvalue weighted by Gasteiger charge is 2.30. The molecule has 1 unspecified atom stereocenters. The van der Waals surface area contributed by atoms with E-state index in [9.17, 15) is 14.7 Å². The fourth-order valence-electron chi connectivity index (χ4n) is 2.46. The molecule has 1 aliphatic carbocycles. The maximum atomic E-state index is 12.5. The summed E-state index contributed by atoms with van der Waals surface area (Å²) in [6, 6.07) is 2.11. The summed E-state index contributed by atoms with van der Waals surface area (Å²) < 4.78 is 11.1. The van der Waals surface area contributed by atoms with Crippen LogP contribution in [0.15, 0.2) is 12.1 Å². The number of halogens is 1. The number of ether oxygens (including phenoxy) is 2. The lowest BCUT2D eigenvalue weighted by Crippen LogP contribution is -2.41. The Balaban J connectivity index is 2.18. The lowest BCUT2D eigenvalue weighted by Gasteiger charge is -2.17. The fourth-order valence-corrected chi connectivity index (χ4v) is 2.72. The molecule has 1 saturated carbocycles. The van der Waals surface area contributed by atoms with Gasteiger partial charge in [0.05, 0.1) is 18.2 Å². The molecular weight excluding hydrogens is 346 g/mol. The topological polar surface area (TPSA) is 84.9 Å². The average Bonchev–Trinajstić information content (AvgIpc) is 3.37. The normalized spacial score (nSPS) is 14.7. The minimum atomic E-state index is -1.03. The number of hydrogen-bond donors (Lipinski definition) is 2. The van der Waals surface area contributed by atoms with Gasteiger partial charge in [0.1, 0.15) is 6.04 Å². The zero-order valence-corrected chi connectivity index (χ0v) is 15.3. The lowest BCUT2D eigenvalue weighted by molar-refractivity contribution is -0.139. The van der Waals surface area contributed by atoms with E-state index < -0.39 is 17.9 Å². The Hall–Kier alpha value is -1.95. The van der Waals surface area contributed by atoms with Crippen molar-refractivity contribution in [3.05, 3.63) is 22.7 Å². The molecule has 2 rings (SSSR count). The summed E-state index contributed by atoms with van der Waals surface area (Å²) in [5.41, 5.74) is 0.249. The summed E-state index contributed by atoms with van der Waals surface area (Å²) in [4.78, 5) is 23.8. The Morgan fingerprint density at radius 3 is 2.60 bits per heavy atom. The highest BCUT2D eigenvalue weighted by Crippen LogP contribution is 2.37. The standard InChI is InChI=1S/C18H24ClNO5/c1-3-7-25-16-13(19)9-12(10-15(16)24-4-2)17(21)20-14(18(22)23)8-11-5-6-11/h9-11,14H,3-8H2,1-2H3,(H,20,21)(H,22,23). The van der Waals surface area contributed by atoms with Gasteiger partial charge in [-0.15, -0.1) is 0 Å². The minimum Gasteiger partial charge on any atom is -0.490 e. The molecule has 1 fully saturated rings. The van der Waals surface area contributed by atoms with Crippen LogP contribution in [-0.2, 0) is 4.79 Å². The SMILES string of the molecule is CCCOc1c(Cl)cc(C(=O)NC(CC2CC2)C(=O)O)cc1OCC. The van der Waals surface area contributed by atoms with Crippen LogP contribution in [0.1, 0.15) is 49.9 Å². The molecule has 6 nitrogen and oxygen atoms in total. The third-order valence-electron chi connectivity index (χ3n) is 3.89. The van der Waals surface area contributed by atoms with Crippen LogP contribution in [-0.4, -0.2) is 36.2 Å². The predicted molar refractivity (Wildman–Crippen MR) is 94.6 cm³/mol. The second kappa shape index (κ2) is 8.94. The maximum Gasteiger partial charge on any atom is 0.326 e. The van der Waals surface area contributed by atoms with Gasteiger partial charge in [-0.05, 0) is 37.8 Å². The third kappa shape index (κ3) is 5.53. The Bertz CT molecular complexity index is 630. The van der Waals surface area contributed by atoms with Gasteiger partial charge in [-0.3, -0.25) is 4.79 Å². The molecule has 138 valence electrons. The van der Waals surface area contributed by atoms with Gasteiger partial charge in [-0.2, -0.15) is 0 Å². The first-order valence-electron chi connectivity index (χ1n) is 8.59. The van der Waals surface area contributed by atoms with Crippen LogP contribution >= 0.6 is 11.6 Å². The highest BCUT2D eigenvalue weighted by atomic mass is 35.5. The molecule has 2 N–H and O–H groups in total. The first-order valence-corrected chi connectivity index (χ1v) is 8.96. The molecule has 1 aliphatic rings. The van der Waals surface area contributed by atoms with Gasteiger partial charge >= 0.3 is 5.97 Å². The molecule has 1 amide bonds. The Morgan fingerprint density at radius 2 is 2.04 bits per heavy atom. The van der Waals surface area contributed by atoms with Crippen molar-refractivity contribution in [3.63, 3.8) is 0 Å². The molecule has 7 heteroatoms. The van der Waals surface area contributed by atoms with Gasteiger partial charge in [-0.1, -0.05) is 31.4 Å². The molecule has 0 aliphatic heterocycles. The van der Waals surface area contributed by atoms with E-state index >= 15 is 0 Å². The lowest BCUT2D eigenvalue weighted by atomic mass is 10.1. The van der Waals surface area contributed by atoms with Gasteiger partial charge < -0.3 is 19.9 Å². The molecule has 25 heavy (non-hydrogen) atoms. The summed E-state index contributed by atoms with van der Waals surface area (Å²) in [5.74, 6) is -0.358. The summed E-state index contributed by atoms with van der Waals surface area (Å²) in [5, 5.41) is 12.1. The average molecular weight is 370 g/mol. The number of nitrogens with one attached hydrogen (secondary N) is 1. The summed E-state index contributed by atoms with van der Waals surface area (Å²) >= 11 is 6.24. The van der Waals surface area contributed by atoms with Crippen LogP contribution in [0.25, 0.3) is 0 Å². The molecule has 0 aromatic heterocycles. The third-order valence-corrected chi connectivity index (χ3v) is 4.17. The second-order valence-electron chi connectivity index (χ2n) is 6.11. The Morgan fingerprint density at radius 1 is 1.32 bits per heavy atom. The van der Waals surface area contributed by atoms with Crippen molar-refractivity contribution in [2.24, 2.45) is 5.92 Å². The van der Waals surface area contributed by atoms with Crippen molar-refractivity contribution in [3.8, 4) is 11.5 Å². The first kappa shape index (κ1) is 19.4. The van der Waals surface area contributed by atoms with Crippen molar-refractivity contribution in [2.45, 2.75) is 45.6 Å². The smallest absolute Gasteiger partial charge is 0.326 e. The van der Waals surface area contributed by atoms with Crippen LogP contribution in [0.3, 0.4) is 0 Å². The molecule has 0 saturated heterocycles. The van der Waals surface area contributed by atoms with E-state index in [1.165, 1.54) is 12.1 Å². The molecule has 1 aromatic carbocycles. The predicted octanol–water partition coefficient (Wildman–Crippen LogP) is 3.51. The van der Waals surface area contributed by atoms with Crippen molar-refractivity contribution in [1.29, 1.82) is 0 Å². The number of carbonyl (C=O) groups is 2. The van der Waals surface area contributed by atoms with E-state index in [1.807, 2.05) is 13.8 Å². The number of amides is 1. The van der Waals surface area contributed by atoms with Gasteiger partial charge in [0.25, 0.3) is 5.91 Å². The number of carboxylic acid groups (broad SMARTS) is 1. The molecular formula is C18H24ClNO5. The van der Waals surface area contributed by atoms with Crippen molar-refractivity contribution >= 4 is 23.5 Å². The van der Waals surface area contributed by atoms with E-state index in [0.29, 0.717) is 37.1 Å². The summed E-state index contributed by atoms with van der Waals surface area (Å²) in [6.07, 6.45) is 3.29. The number of rotatable bonds is 10. The van der Waals surface area contributed by atoms with Gasteiger partial charge in [-0.25, -0.2) is 4.79 Å². The second-order valence-corrected chi connectivity index (χ2v) is 6.52. The monoisotopic (exact) mass is 369 g/mol. The number of carbonyl (C=O) groups excluding carboxylic acids is 1. The van der Waals surface area contributed by atoms with Crippen molar-refractivity contribution in [2.75, 3.05) is 13.2 Å². The van der Waals surface area contributed by atoms with Gasteiger partial charge in [0.15, 0.2) is 11.5 Å².